The second-order valence-corrected chi connectivity index (χ2v) is 7.96. The Labute approximate surface area is 170 Å². The minimum Gasteiger partial charge on any atom is -0.487 e. The van der Waals surface area contributed by atoms with Crippen LogP contribution >= 0.6 is 11.8 Å². The molecule has 140 valence electrons. The molecule has 0 atom stereocenters. The van der Waals surface area contributed by atoms with Crippen molar-refractivity contribution in [2.45, 2.75) is 24.8 Å². The SMILES string of the molecule is Cc1ccc(CCSc2ccc(OCc3ccccc3)c3ncccc23)cc1. The number of benzene rings is 3. The highest BCUT2D eigenvalue weighted by atomic mass is 32.2. The number of hydrogen-bond donors (Lipinski definition) is 0. The number of thioether (sulfide) groups is 1. The number of fused-ring (bicyclic) bond motifs is 1. The minimum atomic E-state index is 0.548. The van der Waals surface area contributed by atoms with Crippen molar-refractivity contribution in [3.05, 3.63) is 102 Å². The predicted octanol–water partition coefficient (Wildman–Crippen LogP) is 6.46. The molecule has 4 aromatic rings. The van der Waals surface area contributed by atoms with Crippen LogP contribution < -0.4 is 4.74 Å². The van der Waals surface area contributed by atoms with Gasteiger partial charge in [-0.3, -0.25) is 4.98 Å². The van der Waals surface area contributed by atoms with Crippen LogP contribution in [-0.2, 0) is 13.0 Å². The molecular formula is C25H23NOS. The summed E-state index contributed by atoms with van der Waals surface area (Å²) in [5, 5.41) is 1.15. The maximum atomic E-state index is 6.07. The van der Waals surface area contributed by atoms with Gasteiger partial charge in [-0.15, -0.1) is 11.8 Å². The summed E-state index contributed by atoms with van der Waals surface area (Å²) in [5.41, 5.74) is 4.77. The third kappa shape index (κ3) is 4.55. The van der Waals surface area contributed by atoms with E-state index >= 15 is 0 Å². The van der Waals surface area contributed by atoms with Crippen molar-refractivity contribution in [3.63, 3.8) is 0 Å². The Morgan fingerprint density at radius 1 is 0.821 bits per heavy atom. The van der Waals surface area contributed by atoms with E-state index in [2.05, 4.69) is 60.4 Å². The third-order valence-corrected chi connectivity index (χ3v) is 5.77. The van der Waals surface area contributed by atoms with Crippen LogP contribution in [0.1, 0.15) is 16.7 Å². The van der Waals surface area contributed by atoms with E-state index in [1.54, 1.807) is 0 Å². The summed E-state index contributed by atoms with van der Waals surface area (Å²) in [6.07, 6.45) is 2.89. The number of ether oxygens (including phenoxy) is 1. The highest BCUT2D eigenvalue weighted by Gasteiger charge is 2.09. The molecule has 0 bridgehead atoms. The van der Waals surface area contributed by atoms with E-state index in [4.69, 9.17) is 4.74 Å². The molecule has 1 aromatic heterocycles. The van der Waals surface area contributed by atoms with Crippen LogP contribution in [0.4, 0.5) is 0 Å². The van der Waals surface area contributed by atoms with Gasteiger partial charge in [0.15, 0.2) is 0 Å². The van der Waals surface area contributed by atoms with E-state index in [9.17, 15) is 0 Å². The van der Waals surface area contributed by atoms with Crippen LogP contribution in [0.2, 0.25) is 0 Å². The lowest BCUT2D eigenvalue weighted by Crippen LogP contribution is -1.97. The Morgan fingerprint density at radius 3 is 2.46 bits per heavy atom. The molecule has 1 heterocycles. The van der Waals surface area contributed by atoms with Crippen LogP contribution in [-0.4, -0.2) is 10.7 Å². The lowest BCUT2D eigenvalue weighted by atomic mass is 10.1. The molecule has 0 amide bonds. The number of nitrogens with zero attached hydrogens (tertiary/aromatic N) is 1. The number of aryl methyl sites for hydroxylation is 2. The lowest BCUT2D eigenvalue weighted by Gasteiger charge is -2.12. The molecule has 0 unspecified atom stereocenters. The zero-order chi connectivity index (χ0) is 19.2. The normalized spacial score (nSPS) is 10.9. The van der Waals surface area contributed by atoms with E-state index in [0.717, 1.165) is 34.4 Å². The maximum absolute atomic E-state index is 6.07. The first-order chi connectivity index (χ1) is 13.8. The van der Waals surface area contributed by atoms with Crippen molar-refractivity contribution < 1.29 is 4.74 Å². The first-order valence-electron chi connectivity index (χ1n) is 9.52. The van der Waals surface area contributed by atoms with Crippen molar-refractivity contribution in [2.24, 2.45) is 0 Å². The van der Waals surface area contributed by atoms with Gasteiger partial charge in [0.05, 0.1) is 0 Å². The van der Waals surface area contributed by atoms with Gasteiger partial charge in [-0.1, -0.05) is 66.2 Å². The summed E-state index contributed by atoms with van der Waals surface area (Å²) in [6.45, 7) is 2.67. The van der Waals surface area contributed by atoms with E-state index in [1.807, 2.05) is 48.3 Å². The Morgan fingerprint density at radius 2 is 1.64 bits per heavy atom. The molecule has 0 aliphatic carbocycles. The highest BCUT2D eigenvalue weighted by Crippen LogP contribution is 2.33. The Bertz CT molecular complexity index is 1050. The molecule has 0 fully saturated rings. The van der Waals surface area contributed by atoms with Crippen LogP contribution in [0.15, 0.2) is 90.0 Å². The highest BCUT2D eigenvalue weighted by molar-refractivity contribution is 7.99. The summed E-state index contributed by atoms with van der Waals surface area (Å²) in [6, 6.07) is 27.4. The molecule has 0 aliphatic rings. The largest absolute Gasteiger partial charge is 0.487 e. The zero-order valence-corrected chi connectivity index (χ0v) is 16.8. The zero-order valence-electron chi connectivity index (χ0n) is 16.0. The maximum Gasteiger partial charge on any atom is 0.146 e. The van der Waals surface area contributed by atoms with Gasteiger partial charge in [0.25, 0.3) is 0 Å². The van der Waals surface area contributed by atoms with Gasteiger partial charge in [0.1, 0.15) is 17.9 Å². The van der Waals surface area contributed by atoms with Gasteiger partial charge in [-0.2, -0.15) is 0 Å². The topological polar surface area (TPSA) is 22.1 Å². The molecule has 4 rings (SSSR count). The fourth-order valence-electron chi connectivity index (χ4n) is 3.13. The van der Waals surface area contributed by atoms with E-state index < -0.39 is 0 Å². The summed E-state index contributed by atoms with van der Waals surface area (Å²) in [4.78, 5) is 5.84. The van der Waals surface area contributed by atoms with Gasteiger partial charge >= 0.3 is 0 Å². The van der Waals surface area contributed by atoms with E-state index in [-0.39, 0.29) is 0 Å². The summed E-state index contributed by atoms with van der Waals surface area (Å²) < 4.78 is 6.07. The molecule has 0 aliphatic heterocycles. The Kier molecular flexibility index (Phi) is 5.93. The smallest absolute Gasteiger partial charge is 0.146 e. The van der Waals surface area contributed by atoms with E-state index in [1.165, 1.54) is 16.0 Å². The van der Waals surface area contributed by atoms with Crippen LogP contribution in [0.3, 0.4) is 0 Å². The van der Waals surface area contributed by atoms with Gasteiger partial charge in [-0.05, 0) is 42.7 Å². The fourth-order valence-corrected chi connectivity index (χ4v) is 4.17. The van der Waals surface area contributed by atoms with E-state index in [0.29, 0.717) is 6.61 Å². The van der Waals surface area contributed by atoms with Gasteiger partial charge in [0, 0.05) is 22.2 Å². The molecular weight excluding hydrogens is 362 g/mol. The standard InChI is InChI=1S/C25H23NOS/c1-19-9-11-20(12-10-19)15-17-28-24-14-13-23(25-22(24)8-5-16-26-25)27-18-21-6-3-2-4-7-21/h2-14,16H,15,17-18H2,1H3. The van der Waals surface area contributed by atoms with Gasteiger partial charge < -0.3 is 4.74 Å². The minimum absolute atomic E-state index is 0.548. The molecule has 2 nitrogen and oxygen atoms in total. The van der Waals surface area contributed by atoms with Gasteiger partial charge in [-0.25, -0.2) is 0 Å². The number of hydrogen-bond acceptors (Lipinski definition) is 3. The summed E-state index contributed by atoms with van der Waals surface area (Å²) in [5.74, 6) is 1.87. The Balaban J connectivity index is 1.48. The van der Waals surface area contributed by atoms with Gasteiger partial charge in [0.2, 0.25) is 0 Å². The number of pyridine rings is 1. The predicted molar refractivity (Wildman–Crippen MR) is 118 cm³/mol. The molecule has 0 N–H and O–H groups in total. The summed E-state index contributed by atoms with van der Waals surface area (Å²) in [7, 11) is 0. The van der Waals surface area contributed by atoms with Crippen molar-refractivity contribution in [2.75, 3.05) is 5.75 Å². The molecule has 3 heteroatoms. The second kappa shape index (κ2) is 8.94. The van der Waals surface area contributed by atoms with Crippen molar-refractivity contribution in [1.29, 1.82) is 0 Å². The first kappa shape index (κ1) is 18.6. The quantitative estimate of drug-likeness (QED) is 0.341. The average Bonchev–Trinajstić information content (AvgIpc) is 2.75. The first-order valence-corrected chi connectivity index (χ1v) is 10.5. The molecule has 0 saturated carbocycles. The average molecular weight is 386 g/mol. The molecule has 28 heavy (non-hydrogen) atoms. The molecule has 0 spiro atoms. The lowest BCUT2D eigenvalue weighted by molar-refractivity contribution is 0.309. The monoisotopic (exact) mass is 385 g/mol. The van der Waals surface area contributed by atoms with Crippen LogP contribution in [0, 0.1) is 6.92 Å². The number of aromatic nitrogens is 1. The fraction of sp³-hybridized carbons (Fsp3) is 0.160. The number of rotatable bonds is 7. The molecule has 0 radical (unpaired) electrons. The van der Waals surface area contributed by atoms with Crippen molar-refractivity contribution in [3.8, 4) is 5.75 Å². The molecule has 3 aromatic carbocycles. The third-order valence-electron chi connectivity index (χ3n) is 4.70. The molecule has 0 saturated heterocycles. The summed E-state index contributed by atoms with van der Waals surface area (Å²) >= 11 is 1.88. The second-order valence-electron chi connectivity index (χ2n) is 6.82. The van der Waals surface area contributed by atoms with Crippen LogP contribution in [0.25, 0.3) is 10.9 Å². The Hall–Kier alpha value is -2.78. The van der Waals surface area contributed by atoms with Crippen molar-refractivity contribution in [1.82, 2.24) is 4.98 Å². The van der Waals surface area contributed by atoms with Crippen LogP contribution in [0.5, 0.6) is 5.75 Å². The van der Waals surface area contributed by atoms with Crippen molar-refractivity contribution >= 4 is 22.7 Å².